The summed E-state index contributed by atoms with van der Waals surface area (Å²) in [5.74, 6) is 0.725. The lowest BCUT2D eigenvalue weighted by Crippen LogP contribution is -2.27. The van der Waals surface area contributed by atoms with E-state index in [-0.39, 0.29) is 0 Å². The van der Waals surface area contributed by atoms with Crippen LogP contribution in [0.25, 0.3) is 10.2 Å². The second-order valence-corrected chi connectivity index (χ2v) is 7.62. The van der Waals surface area contributed by atoms with Crippen molar-refractivity contribution in [2.45, 2.75) is 40.0 Å². The van der Waals surface area contributed by atoms with E-state index in [2.05, 4.69) is 26.8 Å². The van der Waals surface area contributed by atoms with Gasteiger partial charge in [-0.1, -0.05) is 20.8 Å². The smallest absolute Gasteiger partial charge is 0.160 e. The highest BCUT2D eigenvalue weighted by atomic mass is 32.1. The van der Waals surface area contributed by atoms with Crippen molar-refractivity contribution in [3.63, 3.8) is 0 Å². The van der Waals surface area contributed by atoms with E-state index in [1.165, 1.54) is 29.0 Å². The lowest BCUT2D eigenvalue weighted by molar-refractivity contribution is 0.112. The maximum atomic E-state index is 10.9. The van der Waals surface area contributed by atoms with Gasteiger partial charge < -0.3 is 0 Å². The van der Waals surface area contributed by atoms with Crippen LogP contribution in [0.5, 0.6) is 0 Å². The average Bonchev–Trinajstić information content (AvgIpc) is 2.75. The molecule has 2 heterocycles. The molecule has 2 aromatic heterocycles. The van der Waals surface area contributed by atoms with Crippen LogP contribution >= 0.6 is 11.3 Å². The number of pyridine rings is 1. The first-order chi connectivity index (χ1) is 8.97. The summed E-state index contributed by atoms with van der Waals surface area (Å²) >= 11 is 1.50. The Hall–Kier alpha value is -1.22. The number of aryl methyl sites for hydroxylation is 1. The molecule has 3 rings (SSSR count). The molecule has 19 heavy (non-hydrogen) atoms. The second kappa shape index (κ2) is 4.41. The molecule has 0 bridgehead atoms. The number of thiophene rings is 1. The number of nitrogens with zero attached hydrogens (tertiary/aromatic N) is 1. The predicted molar refractivity (Wildman–Crippen MR) is 80.0 cm³/mol. The Morgan fingerprint density at radius 3 is 2.84 bits per heavy atom. The number of hydrogen-bond donors (Lipinski definition) is 0. The van der Waals surface area contributed by atoms with E-state index < -0.39 is 0 Å². The fourth-order valence-corrected chi connectivity index (χ4v) is 3.79. The molecule has 1 aliphatic rings. The van der Waals surface area contributed by atoms with E-state index in [0.717, 1.165) is 40.1 Å². The minimum absolute atomic E-state index is 0.356. The standard InChI is InChI=1S/C16H19NOS/c1-16(2,3)12-4-5-14-10(7-12)6-11-8-13(9-18)19-15(11)17-14/h6,8-9,12H,4-5,7H2,1-3H3/t12-/m1/s1. The predicted octanol–water partition coefficient (Wildman–Crippen LogP) is 4.26. The van der Waals surface area contributed by atoms with Gasteiger partial charge >= 0.3 is 0 Å². The third-order valence-corrected chi connectivity index (χ3v) is 5.20. The van der Waals surface area contributed by atoms with Gasteiger partial charge in [-0.25, -0.2) is 4.98 Å². The summed E-state index contributed by atoms with van der Waals surface area (Å²) < 4.78 is 0. The van der Waals surface area contributed by atoms with Crippen molar-refractivity contribution >= 4 is 27.8 Å². The van der Waals surface area contributed by atoms with Gasteiger partial charge in [0.05, 0.1) is 4.88 Å². The van der Waals surface area contributed by atoms with Gasteiger partial charge in [0.15, 0.2) is 6.29 Å². The normalized spacial score (nSPS) is 19.4. The highest BCUT2D eigenvalue weighted by Gasteiger charge is 2.29. The van der Waals surface area contributed by atoms with Crippen molar-refractivity contribution in [3.05, 3.63) is 28.3 Å². The summed E-state index contributed by atoms with van der Waals surface area (Å²) in [5.41, 5.74) is 2.98. The number of rotatable bonds is 1. The quantitative estimate of drug-likeness (QED) is 0.727. The van der Waals surface area contributed by atoms with Crippen LogP contribution in [0.4, 0.5) is 0 Å². The number of carbonyl (C=O) groups excluding carboxylic acids is 1. The third-order valence-electron chi connectivity index (χ3n) is 4.23. The molecule has 3 heteroatoms. The van der Waals surface area contributed by atoms with E-state index in [1.54, 1.807) is 0 Å². The highest BCUT2D eigenvalue weighted by molar-refractivity contribution is 7.20. The molecule has 2 nitrogen and oxygen atoms in total. The van der Waals surface area contributed by atoms with E-state index in [9.17, 15) is 4.79 Å². The zero-order valence-corrected chi connectivity index (χ0v) is 12.5. The Morgan fingerprint density at radius 1 is 1.37 bits per heavy atom. The summed E-state index contributed by atoms with van der Waals surface area (Å²) in [6.45, 7) is 6.97. The lowest BCUT2D eigenvalue weighted by atomic mass is 9.71. The Morgan fingerprint density at radius 2 is 2.16 bits per heavy atom. The zero-order valence-electron chi connectivity index (χ0n) is 11.7. The number of fused-ring (bicyclic) bond motifs is 2. The fraction of sp³-hybridized carbons (Fsp3) is 0.500. The molecule has 1 aliphatic carbocycles. The van der Waals surface area contributed by atoms with Crippen molar-refractivity contribution in [1.29, 1.82) is 0 Å². The molecule has 0 N–H and O–H groups in total. The van der Waals surface area contributed by atoms with Crippen molar-refractivity contribution in [2.75, 3.05) is 0 Å². The third kappa shape index (κ3) is 2.32. The SMILES string of the molecule is CC(C)(C)[C@@H]1CCc2nc3sc(C=O)cc3cc2C1. The topological polar surface area (TPSA) is 30.0 Å². The fourth-order valence-electron chi connectivity index (χ4n) is 2.94. The van der Waals surface area contributed by atoms with E-state index in [0.29, 0.717) is 5.41 Å². The Kier molecular flexibility index (Phi) is 2.97. The summed E-state index contributed by atoms with van der Waals surface area (Å²) in [6.07, 6.45) is 4.33. The van der Waals surface area contributed by atoms with Gasteiger partial charge in [0.1, 0.15) is 4.83 Å². The van der Waals surface area contributed by atoms with Gasteiger partial charge in [-0.15, -0.1) is 11.3 Å². The minimum Gasteiger partial charge on any atom is -0.297 e. The van der Waals surface area contributed by atoms with Gasteiger partial charge in [-0.3, -0.25) is 4.79 Å². The van der Waals surface area contributed by atoms with Crippen molar-refractivity contribution < 1.29 is 4.79 Å². The molecule has 0 unspecified atom stereocenters. The molecular weight excluding hydrogens is 254 g/mol. The molecule has 0 aromatic carbocycles. The minimum atomic E-state index is 0.356. The van der Waals surface area contributed by atoms with Crippen LogP contribution < -0.4 is 0 Å². The summed E-state index contributed by atoms with van der Waals surface area (Å²) in [5, 5.41) is 1.13. The van der Waals surface area contributed by atoms with Crippen LogP contribution in [0.2, 0.25) is 0 Å². The Bertz CT molecular complexity index is 636. The maximum Gasteiger partial charge on any atom is 0.160 e. The second-order valence-electron chi connectivity index (χ2n) is 6.56. The Labute approximate surface area is 117 Å². The first kappa shape index (κ1) is 12.8. The molecule has 0 amide bonds. The number of aldehydes is 1. The summed E-state index contributed by atoms with van der Waals surface area (Å²) in [7, 11) is 0. The molecule has 0 aliphatic heterocycles. The van der Waals surface area contributed by atoms with E-state index >= 15 is 0 Å². The number of hydrogen-bond acceptors (Lipinski definition) is 3. The van der Waals surface area contributed by atoms with Gasteiger partial charge in [0.2, 0.25) is 0 Å². The zero-order chi connectivity index (χ0) is 13.6. The van der Waals surface area contributed by atoms with Crippen molar-refractivity contribution in [1.82, 2.24) is 4.98 Å². The van der Waals surface area contributed by atoms with Crippen LogP contribution in [0, 0.1) is 11.3 Å². The largest absolute Gasteiger partial charge is 0.297 e. The molecular formula is C16H19NOS. The number of aromatic nitrogens is 1. The molecule has 100 valence electrons. The summed E-state index contributed by atoms with van der Waals surface area (Å²) in [6, 6.07) is 4.21. The highest BCUT2D eigenvalue weighted by Crippen LogP contribution is 2.38. The molecule has 0 saturated carbocycles. The van der Waals surface area contributed by atoms with Gasteiger partial charge in [0, 0.05) is 11.1 Å². The van der Waals surface area contributed by atoms with Crippen LogP contribution in [-0.4, -0.2) is 11.3 Å². The average molecular weight is 273 g/mol. The number of carbonyl (C=O) groups is 1. The van der Waals surface area contributed by atoms with E-state index in [4.69, 9.17) is 4.98 Å². The molecule has 1 atom stereocenters. The van der Waals surface area contributed by atoms with Gasteiger partial charge in [0.25, 0.3) is 0 Å². The summed E-state index contributed by atoms with van der Waals surface area (Å²) in [4.78, 5) is 17.4. The monoisotopic (exact) mass is 273 g/mol. The Balaban J connectivity index is 2.02. The van der Waals surface area contributed by atoms with Crippen molar-refractivity contribution in [2.24, 2.45) is 11.3 Å². The van der Waals surface area contributed by atoms with Crippen LogP contribution in [0.15, 0.2) is 12.1 Å². The first-order valence-corrected chi connectivity index (χ1v) is 7.66. The maximum absolute atomic E-state index is 10.9. The van der Waals surface area contributed by atoms with Crippen LogP contribution in [-0.2, 0) is 12.8 Å². The lowest BCUT2D eigenvalue weighted by Gasteiger charge is -2.34. The molecule has 0 radical (unpaired) electrons. The van der Waals surface area contributed by atoms with Gasteiger partial charge in [-0.05, 0) is 48.3 Å². The van der Waals surface area contributed by atoms with Crippen LogP contribution in [0.1, 0.15) is 48.1 Å². The molecule has 0 spiro atoms. The molecule has 0 fully saturated rings. The van der Waals surface area contributed by atoms with Crippen LogP contribution in [0.3, 0.4) is 0 Å². The molecule has 2 aromatic rings. The first-order valence-electron chi connectivity index (χ1n) is 6.85. The van der Waals surface area contributed by atoms with E-state index in [1.807, 2.05) is 6.07 Å². The van der Waals surface area contributed by atoms with Gasteiger partial charge in [-0.2, -0.15) is 0 Å². The molecule has 0 saturated heterocycles. The van der Waals surface area contributed by atoms with Crippen molar-refractivity contribution in [3.8, 4) is 0 Å².